The molecule has 0 aliphatic carbocycles. The zero-order valence-electron chi connectivity index (χ0n) is 8.60. The Kier molecular flexibility index (Phi) is 4.47. The van der Waals surface area contributed by atoms with Crippen LogP contribution in [0.25, 0.3) is 0 Å². The van der Waals surface area contributed by atoms with Crippen molar-refractivity contribution >= 4 is 5.82 Å². The molecule has 0 aliphatic rings. The highest BCUT2D eigenvalue weighted by molar-refractivity contribution is 5.46. The molecule has 0 radical (unpaired) electrons. The van der Waals surface area contributed by atoms with Crippen LogP contribution >= 0.6 is 0 Å². The lowest BCUT2D eigenvalue weighted by Crippen LogP contribution is -2.24. The summed E-state index contributed by atoms with van der Waals surface area (Å²) in [6, 6.07) is 1.94. The van der Waals surface area contributed by atoms with Gasteiger partial charge in [-0.25, -0.2) is 9.97 Å². The van der Waals surface area contributed by atoms with Crippen molar-refractivity contribution in [3.8, 4) is 6.07 Å². The lowest BCUT2D eigenvalue weighted by molar-refractivity contribution is -0.0914. The summed E-state index contributed by atoms with van der Waals surface area (Å²) in [4.78, 5) is 7.84. The van der Waals surface area contributed by atoms with Crippen LogP contribution in [-0.4, -0.2) is 37.0 Å². The van der Waals surface area contributed by atoms with E-state index in [4.69, 9.17) is 14.7 Å². The van der Waals surface area contributed by atoms with Gasteiger partial charge in [0.15, 0.2) is 17.8 Å². The summed E-state index contributed by atoms with van der Waals surface area (Å²) in [6.45, 7) is 0.403. The molecule has 0 atom stereocenters. The smallest absolute Gasteiger partial charge is 0.182 e. The molecule has 0 unspecified atom stereocenters. The fraction of sp³-hybridized carbons (Fsp3) is 0.444. The first-order chi connectivity index (χ1) is 7.31. The van der Waals surface area contributed by atoms with Gasteiger partial charge < -0.3 is 14.8 Å². The summed E-state index contributed by atoms with van der Waals surface area (Å²) in [5, 5.41) is 11.7. The van der Waals surface area contributed by atoms with E-state index in [1.807, 2.05) is 6.07 Å². The lowest BCUT2D eigenvalue weighted by Gasteiger charge is -2.14. The maximum absolute atomic E-state index is 8.74. The summed E-state index contributed by atoms with van der Waals surface area (Å²) in [5.41, 5.74) is 0.253. The molecule has 0 bridgehead atoms. The molecule has 1 heterocycles. The number of nitrogens with one attached hydrogen (secondary N) is 1. The van der Waals surface area contributed by atoms with Gasteiger partial charge in [-0.3, -0.25) is 0 Å². The Bertz CT molecular complexity index is 346. The summed E-state index contributed by atoms with van der Waals surface area (Å²) >= 11 is 0. The van der Waals surface area contributed by atoms with Crippen molar-refractivity contribution in [1.29, 1.82) is 5.26 Å². The average Bonchev–Trinajstić information content (AvgIpc) is 2.31. The quantitative estimate of drug-likeness (QED) is 0.704. The number of hydrogen-bond donors (Lipinski definition) is 1. The lowest BCUT2D eigenvalue weighted by atomic mass is 10.4. The Morgan fingerprint density at radius 2 is 2.07 bits per heavy atom. The van der Waals surface area contributed by atoms with E-state index in [0.29, 0.717) is 12.4 Å². The van der Waals surface area contributed by atoms with Crippen LogP contribution < -0.4 is 5.32 Å². The number of ether oxygens (including phenoxy) is 2. The highest BCUT2D eigenvalue weighted by Gasteiger charge is 2.07. The topological polar surface area (TPSA) is 80.1 Å². The van der Waals surface area contributed by atoms with Crippen molar-refractivity contribution in [2.24, 2.45) is 0 Å². The van der Waals surface area contributed by atoms with Gasteiger partial charge in [-0.15, -0.1) is 0 Å². The first-order valence-corrected chi connectivity index (χ1v) is 4.32. The third kappa shape index (κ3) is 3.16. The van der Waals surface area contributed by atoms with Crippen molar-refractivity contribution in [2.75, 3.05) is 26.1 Å². The maximum atomic E-state index is 8.74. The molecule has 0 saturated heterocycles. The van der Waals surface area contributed by atoms with Crippen LogP contribution in [0.15, 0.2) is 12.4 Å². The van der Waals surface area contributed by atoms with Crippen molar-refractivity contribution in [2.45, 2.75) is 6.29 Å². The molecule has 0 amide bonds. The molecular weight excluding hydrogens is 196 g/mol. The van der Waals surface area contributed by atoms with Gasteiger partial charge in [0.2, 0.25) is 0 Å². The maximum Gasteiger partial charge on any atom is 0.182 e. The number of methoxy groups -OCH3 is 2. The number of nitriles is 1. The van der Waals surface area contributed by atoms with Crippen LogP contribution in [0.4, 0.5) is 5.82 Å². The second kappa shape index (κ2) is 5.90. The summed E-state index contributed by atoms with van der Waals surface area (Å²) in [5.74, 6) is 0.430. The SMILES string of the molecule is COC(CNc1nccnc1C#N)OC. The van der Waals surface area contributed by atoms with E-state index in [1.54, 1.807) is 0 Å². The van der Waals surface area contributed by atoms with Gasteiger partial charge in [0.1, 0.15) is 6.07 Å². The molecule has 6 nitrogen and oxygen atoms in total. The predicted molar refractivity (Wildman–Crippen MR) is 53.0 cm³/mol. The van der Waals surface area contributed by atoms with E-state index in [0.717, 1.165) is 0 Å². The van der Waals surface area contributed by atoms with Crippen LogP contribution in [0.3, 0.4) is 0 Å². The Balaban J connectivity index is 2.61. The largest absolute Gasteiger partial charge is 0.363 e. The molecule has 6 heteroatoms. The fourth-order valence-corrected chi connectivity index (χ4v) is 0.992. The third-order valence-corrected chi connectivity index (χ3v) is 1.77. The average molecular weight is 208 g/mol. The van der Waals surface area contributed by atoms with Crippen LogP contribution in [0.1, 0.15) is 5.69 Å². The van der Waals surface area contributed by atoms with Crippen LogP contribution in [0.2, 0.25) is 0 Å². The molecule has 0 saturated carbocycles. The van der Waals surface area contributed by atoms with Gasteiger partial charge in [-0.1, -0.05) is 0 Å². The Hall–Kier alpha value is -1.71. The summed E-state index contributed by atoms with van der Waals surface area (Å²) in [6.07, 6.45) is 2.60. The zero-order valence-corrected chi connectivity index (χ0v) is 8.60. The van der Waals surface area contributed by atoms with E-state index in [-0.39, 0.29) is 12.0 Å². The van der Waals surface area contributed by atoms with Crippen molar-refractivity contribution in [1.82, 2.24) is 9.97 Å². The third-order valence-electron chi connectivity index (χ3n) is 1.77. The highest BCUT2D eigenvalue weighted by Crippen LogP contribution is 2.06. The Labute approximate surface area is 87.9 Å². The van der Waals surface area contributed by atoms with Crippen molar-refractivity contribution < 1.29 is 9.47 Å². The van der Waals surface area contributed by atoms with Gasteiger partial charge in [-0.05, 0) is 0 Å². The standard InChI is InChI=1S/C9H12N4O2/c1-14-8(15-2)6-13-9-7(5-10)11-3-4-12-9/h3-4,8H,6H2,1-2H3,(H,12,13). The molecule has 80 valence electrons. The van der Waals surface area contributed by atoms with Gasteiger partial charge in [0.25, 0.3) is 0 Å². The normalized spacial score (nSPS) is 10.0. The molecule has 0 fully saturated rings. The van der Waals surface area contributed by atoms with E-state index in [2.05, 4.69) is 15.3 Å². The van der Waals surface area contributed by atoms with E-state index in [1.165, 1.54) is 26.6 Å². The molecule has 0 aromatic carbocycles. The molecule has 1 aromatic heterocycles. The zero-order chi connectivity index (χ0) is 11.1. The molecule has 0 aliphatic heterocycles. The summed E-state index contributed by atoms with van der Waals surface area (Å²) < 4.78 is 9.96. The first kappa shape index (κ1) is 11.4. The van der Waals surface area contributed by atoms with Gasteiger partial charge in [-0.2, -0.15) is 5.26 Å². The number of aromatic nitrogens is 2. The monoisotopic (exact) mass is 208 g/mol. The Morgan fingerprint density at radius 1 is 1.40 bits per heavy atom. The van der Waals surface area contributed by atoms with Gasteiger partial charge in [0.05, 0.1) is 6.54 Å². The number of nitrogens with zero attached hydrogens (tertiary/aromatic N) is 3. The molecule has 1 aromatic rings. The molecule has 1 rings (SSSR count). The number of rotatable bonds is 5. The van der Waals surface area contributed by atoms with Gasteiger partial charge >= 0.3 is 0 Å². The van der Waals surface area contributed by atoms with E-state index in [9.17, 15) is 0 Å². The van der Waals surface area contributed by atoms with Crippen molar-refractivity contribution in [3.63, 3.8) is 0 Å². The summed E-state index contributed by atoms with van der Waals surface area (Å²) in [7, 11) is 3.08. The fourth-order valence-electron chi connectivity index (χ4n) is 0.992. The number of hydrogen-bond acceptors (Lipinski definition) is 6. The van der Waals surface area contributed by atoms with Gasteiger partial charge in [0, 0.05) is 26.6 Å². The first-order valence-electron chi connectivity index (χ1n) is 4.32. The van der Waals surface area contributed by atoms with E-state index < -0.39 is 0 Å². The predicted octanol–water partition coefficient (Wildman–Crippen LogP) is 0.379. The minimum Gasteiger partial charge on any atom is -0.363 e. The molecule has 1 N–H and O–H groups in total. The van der Waals surface area contributed by atoms with E-state index >= 15 is 0 Å². The molecule has 15 heavy (non-hydrogen) atoms. The second-order valence-electron chi connectivity index (χ2n) is 2.65. The highest BCUT2D eigenvalue weighted by atomic mass is 16.7. The van der Waals surface area contributed by atoms with Crippen molar-refractivity contribution in [3.05, 3.63) is 18.1 Å². The second-order valence-corrected chi connectivity index (χ2v) is 2.65. The van der Waals surface area contributed by atoms with Crippen LogP contribution in [-0.2, 0) is 9.47 Å². The molecular formula is C9H12N4O2. The molecule has 0 spiro atoms. The van der Waals surface area contributed by atoms with Crippen LogP contribution in [0.5, 0.6) is 0 Å². The minimum absolute atomic E-state index is 0.253. The Morgan fingerprint density at radius 3 is 2.67 bits per heavy atom. The van der Waals surface area contributed by atoms with Crippen LogP contribution in [0, 0.1) is 11.3 Å². The minimum atomic E-state index is -0.376. The number of anilines is 1.